The molecule has 0 spiro atoms. The summed E-state index contributed by atoms with van der Waals surface area (Å²) in [4.78, 5) is 2.48. The standard InChI is InChI=1S/C22H28N4OS/c1-17(24-25-22(28)23-20-9-5-6-10-21(20)27-2)18-11-13-19(14-12-18)26-15-7-3-4-8-16-26/h5-6,9-14H,3-4,7-8,15-16H2,1-2H3,(H2,23,25,28)/b24-17-. The van der Waals surface area contributed by atoms with Crippen molar-refractivity contribution in [2.24, 2.45) is 5.10 Å². The van der Waals surface area contributed by atoms with Crippen LogP contribution in [0.15, 0.2) is 53.6 Å². The zero-order chi connectivity index (χ0) is 19.8. The van der Waals surface area contributed by atoms with Crippen LogP contribution in [0, 0.1) is 0 Å². The lowest BCUT2D eigenvalue weighted by Crippen LogP contribution is -2.25. The second kappa shape index (κ2) is 10.1. The van der Waals surface area contributed by atoms with Gasteiger partial charge in [-0.1, -0.05) is 37.1 Å². The van der Waals surface area contributed by atoms with Crippen molar-refractivity contribution < 1.29 is 4.74 Å². The van der Waals surface area contributed by atoms with E-state index in [1.165, 1.54) is 31.4 Å². The minimum absolute atomic E-state index is 0.421. The van der Waals surface area contributed by atoms with Crippen molar-refractivity contribution in [3.05, 3.63) is 54.1 Å². The minimum Gasteiger partial charge on any atom is -0.495 e. The van der Waals surface area contributed by atoms with E-state index in [1.807, 2.05) is 31.2 Å². The fourth-order valence-corrected chi connectivity index (χ4v) is 3.50. The molecule has 2 N–H and O–H groups in total. The van der Waals surface area contributed by atoms with E-state index in [1.54, 1.807) is 7.11 Å². The third-order valence-corrected chi connectivity index (χ3v) is 5.13. The SMILES string of the molecule is COc1ccccc1NC(=S)N/N=C(/C)c1ccc(N2CCCCCC2)cc1. The Morgan fingerprint density at radius 2 is 1.68 bits per heavy atom. The third kappa shape index (κ3) is 5.45. The molecule has 1 saturated heterocycles. The smallest absolute Gasteiger partial charge is 0.191 e. The number of hydrogen-bond donors (Lipinski definition) is 2. The van der Waals surface area contributed by atoms with Gasteiger partial charge < -0.3 is 15.0 Å². The van der Waals surface area contributed by atoms with Crippen LogP contribution < -0.4 is 20.4 Å². The third-order valence-electron chi connectivity index (χ3n) is 4.94. The maximum Gasteiger partial charge on any atom is 0.191 e. The quantitative estimate of drug-likeness (QED) is 0.432. The van der Waals surface area contributed by atoms with Crippen molar-refractivity contribution in [2.45, 2.75) is 32.6 Å². The molecular formula is C22H28N4OS. The van der Waals surface area contributed by atoms with Gasteiger partial charge in [0.05, 0.1) is 18.5 Å². The summed E-state index contributed by atoms with van der Waals surface area (Å²) >= 11 is 5.34. The van der Waals surface area contributed by atoms with E-state index in [9.17, 15) is 0 Å². The molecule has 0 unspecified atom stereocenters. The van der Waals surface area contributed by atoms with Crippen LogP contribution in [-0.2, 0) is 0 Å². The number of methoxy groups -OCH3 is 1. The van der Waals surface area contributed by atoms with Crippen LogP contribution in [-0.4, -0.2) is 31.0 Å². The van der Waals surface area contributed by atoms with Crippen LogP contribution in [0.5, 0.6) is 5.75 Å². The van der Waals surface area contributed by atoms with Gasteiger partial charge in [-0.25, -0.2) is 0 Å². The minimum atomic E-state index is 0.421. The lowest BCUT2D eigenvalue weighted by molar-refractivity contribution is 0.417. The molecule has 0 aromatic heterocycles. The highest BCUT2D eigenvalue weighted by Gasteiger charge is 2.10. The number of nitrogens with zero attached hydrogens (tertiary/aromatic N) is 2. The van der Waals surface area contributed by atoms with Gasteiger partial charge in [-0.2, -0.15) is 5.10 Å². The fourth-order valence-electron chi connectivity index (χ4n) is 3.34. The van der Waals surface area contributed by atoms with Crippen LogP contribution in [0.3, 0.4) is 0 Å². The average Bonchev–Trinajstić information content (AvgIpc) is 3.02. The normalized spacial score (nSPS) is 14.9. The first-order chi connectivity index (χ1) is 13.7. The Hall–Kier alpha value is -2.60. The molecule has 0 aliphatic carbocycles. The lowest BCUT2D eigenvalue weighted by Gasteiger charge is -2.22. The monoisotopic (exact) mass is 396 g/mol. The predicted octanol–water partition coefficient (Wildman–Crippen LogP) is 4.79. The Bertz CT molecular complexity index is 812. The molecular weight excluding hydrogens is 368 g/mol. The summed E-state index contributed by atoms with van der Waals surface area (Å²) in [5.41, 5.74) is 6.96. The van der Waals surface area contributed by atoms with E-state index in [4.69, 9.17) is 17.0 Å². The number of ether oxygens (including phenoxy) is 1. The first-order valence-electron chi connectivity index (χ1n) is 9.77. The van der Waals surface area contributed by atoms with Gasteiger partial charge in [0.15, 0.2) is 5.11 Å². The Morgan fingerprint density at radius 3 is 2.36 bits per heavy atom. The molecule has 1 fully saturated rings. The summed E-state index contributed by atoms with van der Waals surface area (Å²) in [6.45, 7) is 4.27. The number of anilines is 2. The number of benzene rings is 2. The Kier molecular flexibility index (Phi) is 7.25. The summed E-state index contributed by atoms with van der Waals surface area (Å²) < 4.78 is 5.32. The summed E-state index contributed by atoms with van der Waals surface area (Å²) in [6, 6.07) is 16.2. The number of nitrogens with one attached hydrogen (secondary N) is 2. The van der Waals surface area contributed by atoms with Gasteiger partial charge in [-0.3, -0.25) is 5.43 Å². The molecule has 1 heterocycles. The molecule has 2 aromatic carbocycles. The zero-order valence-corrected chi connectivity index (χ0v) is 17.4. The molecule has 0 bridgehead atoms. The molecule has 1 aliphatic heterocycles. The fraction of sp³-hybridized carbons (Fsp3) is 0.364. The molecule has 6 heteroatoms. The average molecular weight is 397 g/mol. The van der Waals surface area contributed by atoms with Crippen molar-refractivity contribution in [1.29, 1.82) is 0 Å². The Labute approximate surface area is 172 Å². The van der Waals surface area contributed by atoms with Gasteiger partial charge in [0.2, 0.25) is 0 Å². The van der Waals surface area contributed by atoms with Gasteiger partial charge in [-0.15, -0.1) is 0 Å². The Morgan fingerprint density at radius 1 is 1.00 bits per heavy atom. The summed E-state index contributed by atoms with van der Waals surface area (Å²) in [7, 11) is 1.63. The maximum atomic E-state index is 5.34. The molecule has 148 valence electrons. The molecule has 0 atom stereocenters. The van der Waals surface area contributed by atoms with Crippen LogP contribution >= 0.6 is 12.2 Å². The number of rotatable bonds is 5. The lowest BCUT2D eigenvalue weighted by atomic mass is 10.1. The second-order valence-corrected chi connectivity index (χ2v) is 7.32. The van der Waals surface area contributed by atoms with Gasteiger partial charge in [-0.05, 0) is 61.8 Å². The van der Waals surface area contributed by atoms with E-state index < -0.39 is 0 Å². The summed E-state index contributed by atoms with van der Waals surface area (Å²) in [6.07, 6.45) is 5.25. The molecule has 1 aliphatic rings. The molecule has 2 aromatic rings. The van der Waals surface area contributed by atoms with E-state index in [0.29, 0.717) is 5.11 Å². The highest BCUT2D eigenvalue weighted by atomic mass is 32.1. The first kappa shape index (κ1) is 20.1. The molecule has 0 radical (unpaired) electrons. The molecule has 0 amide bonds. The number of hydrogen-bond acceptors (Lipinski definition) is 4. The van der Waals surface area contributed by atoms with Crippen molar-refractivity contribution in [1.82, 2.24) is 5.43 Å². The van der Waals surface area contributed by atoms with E-state index >= 15 is 0 Å². The topological polar surface area (TPSA) is 48.9 Å². The van der Waals surface area contributed by atoms with Crippen LogP contribution in [0.2, 0.25) is 0 Å². The Balaban J connectivity index is 1.59. The van der Waals surface area contributed by atoms with Crippen molar-refractivity contribution in [3.8, 4) is 5.75 Å². The number of para-hydroxylation sites is 2. The van der Waals surface area contributed by atoms with E-state index in [-0.39, 0.29) is 0 Å². The van der Waals surface area contributed by atoms with E-state index in [0.717, 1.165) is 35.8 Å². The first-order valence-corrected chi connectivity index (χ1v) is 10.2. The van der Waals surface area contributed by atoms with Crippen molar-refractivity contribution >= 4 is 34.4 Å². The highest BCUT2D eigenvalue weighted by Crippen LogP contribution is 2.23. The molecule has 5 nitrogen and oxygen atoms in total. The van der Waals surface area contributed by atoms with Crippen LogP contribution in [0.25, 0.3) is 0 Å². The largest absolute Gasteiger partial charge is 0.495 e. The number of thiocarbonyl (C=S) groups is 1. The maximum absolute atomic E-state index is 5.34. The van der Waals surface area contributed by atoms with Crippen molar-refractivity contribution in [3.63, 3.8) is 0 Å². The summed E-state index contributed by atoms with van der Waals surface area (Å²) in [5, 5.41) is 7.94. The van der Waals surface area contributed by atoms with Crippen LogP contribution in [0.1, 0.15) is 38.2 Å². The van der Waals surface area contributed by atoms with Gasteiger partial charge in [0.1, 0.15) is 5.75 Å². The predicted molar refractivity (Wildman–Crippen MR) is 122 cm³/mol. The van der Waals surface area contributed by atoms with Crippen LogP contribution in [0.4, 0.5) is 11.4 Å². The van der Waals surface area contributed by atoms with Gasteiger partial charge >= 0.3 is 0 Å². The molecule has 28 heavy (non-hydrogen) atoms. The molecule has 0 saturated carbocycles. The second-order valence-electron chi connectivity index (χ2n) is 6.91. The zero-order valence-electron chi connectivity index (χ0n) is 16.6. The van der Waals surface area contributed by atoms with Gasteiger partial charge in [0, 0.05) is 18.8 Å². The number of hydrazone groups is 1. The molecule has 3 rings (SSSR count). The van der Waals surface area contributed by atoms with Gasteiger partial charge in [0.25, 0.3) is 0 Å². The van der Waals surface area contributed by atoms with Crippen molar-refractivity contribution in [2.75, 3.05) is 30.4 Å². The summed E-state index contributed by atoms with van der Waals surface area (Å²) in [5.74, 6) is 0.733. The van der Waals surface area contributed by atoms with E-state index in [2.05, 4.69) is 45.0 Å². The highest BCUT2D eigenvalue weighted by molar-refractivity contribution is 7.80.